The molecule has 0 fully saturated rings. The molecule has 0 atom stereocenters. The number of hydrogen-bond donors (Lipinski definition) is 3. The van der Waals surface area contributed by atoms with Gasteiger partial charge in [-0.3, -0.25) is 0 Å². The van der Waals surface area contributed by atoms with E-state index >= 15 is 0 Å². The molecule has 0 radical (unpaired) electrons. The lowest BCUT2D eigenvalue weighted by molar-refractivity contribution is 0.262. The minimum absolute atomic E-state index is 0.0318. The molecule has 0 aliphatic carbocycles. The number of para-hydroxylation sites is 1. The number of rotatable bonds is 2. The Hall–Kier alpha value is -2.63. The van der Waals surface area contributed by atoms with E-state index in [0.29, 0.717) is 0 Å². The van der Waals surface area contributed by atoms with E-state index in [9.17, 15) is 13.6 Å². The summed E-state index contributed by atoms with van der Waals surface area (Å²) in [7, 11) is 0. The third-order valence-corrected chi connectivity index (χ3v) is 2.30. The summed E-state index contributed by atoms with van der Waals surface area (Å²) in [6.45, 7) is 0. The molecule has 2 amide bonds. The predicted octanol–water partition coefficient (Wildman–Crippen LogP) is 3.19. The first-order chi connectivity index (χ1) is 9.04. The predicted molar refractivity (Wildman–Crippen MR) is 69.9 cm³/mol. The van der Waals surface area contributed by atoms with Gasteiger partial charge in [0.05, 0.1) is 5.69 Å². The largest absolute Gasteiger partial charge is 0.399 e. The van der Waals surface area contributed by atoms with E-state index in [1.54, 1.807) is 6.07 Å². The maximum absolute atomic E-state index is 13.3. The Morgan fingerprint density at radius 1 is 1.05 bits per heavy atom. The van der Waals surface area contributed by atoms with Crippen LogP contribution in [0.4, 0.5) is 30.6 Å². The molecule has 4 nitrogen and oxygen atoms in total. The molecule has 0 saturated carbocycles. The fourth-order valence-corrected chi connectivity index (χ4v) is 1.53. The number of anilines is 3. The molecule has 2 aromatic carbocycles. The van der Waals surface area contributed by atoms with E-state index in [1.807, 2.05) is 0 Å². The number of hydrogen-bond acceptors (Lipinski definition) is 2. The van der Waals surface area contributed by atoms with E-state index in [2.05, 4.69) is 10.6 Å². The van der Waals surface area contributed by atoms with Gasteiger partial charge in [-0.2, -0.15) is 0 Å². The lowest BCUT2D eigenvalue weighted by Gasteiger charge is -2.09. The quantitative estimate of drug-likeness (QED) is 0.728. The Balaban J connectivity index is 2.07. The molecule has 4 N–H and O–H groups in total. The van der Waals surface area contributed by atoms with Crippen molar-refractivity contribution in [2.45, 2.75) is 0 Å². The monoisotopic (exact) mass is 263 g/mol. The zero-order valence-corrected chi connectivity index (χ0v) is 9.78. The minimum atomic E-state index is -0.685. The van der Waals surface area contributed by atoms with Gasteiger partial charge in [-0.15, -0.1) is 0 Å². The van der Waals surface area contributed by atoms with Gasteiger partial charge >= 0.3 is 6.03 Å². The van der Waals surface area contributed by atoms with Crippen LogP contribution in [0.3, 0.4) is 0 Å². The first kappa shape index (κ1) is 12.8. The van der Waals surface area contributed by atoms with Crippen molar-refractivity contribution in [3.8, 4) is 0 Å². The van der Waals surface area contributed by atoms with Gasteiger partial charge in [0.2, 0.25) is 0 Å². The summed E-state index contributed by atoms with van der Waals surface area (Å²) in [5.74, 6) is -1.13. The molecule has 2 rings (SSSR count). The summed E-state index contributed by atoms with van der Waals surface area (Å²) in [6.07, 6.45) is 0. The summed E-state index contributed by atoms with van der Waals surface area (Å²) >= 11 is 0. The third-order valence-electron chi connectivity index (χ3n) is 2.30. The lowest BCUT2D eigenvalue weighted by atomic mass is 10.2. The smallest absolute Gasteiger partial charge is 0.323 e. The number of nitrogens with two attached hydrogens (primary N) is 1. The van der Waals surface area contributed by atoms with Crippen LogP contribution in [-0.2, 0) is 0 Å². The van der Waals surface area contributed by atoms with Crippen molar-refractivity contribution in [3.05, 3.63) is 54.1 Å². The van der Waals surface area contributed by atoms with Crippen molar-refractivity contribution in [1.29, 1.82) is 0 Å². The van der Waals surface area contributed by atoms with Crippen LogP contribution in [0.2, 0.25) is 0 Å². The fraction of sp³-hybridized carbons (Fsp3) is 0. The van der Waals surface area contributed by atoms with Crippen LogP contribution in [0.15, 0.2) is 42.5 Å². The van der Waals surface area contributed by atoms with Crippen molar-refractivity contribution in [3.63, 3.8) is 0 Å². The van der Waals surface area contributed by atoms with Crippen LogP contribution >= 0.6 is 0 Å². The zero-order chi connectivity index (χ0) is 13.8. The second-order valence-electron chi connectivity index (χ2n) is 3.83. The molecule has 0 aliphatic rings. The number of urea groups is 1. The maximum atomic E-state index is 13.3. The van der Waals surface area contributed by atoms with Crippen LogP contribution in [0, 0.1) is 11.6 Å². The number of nitrogen functional groups attached to an aromatic ring is 1. The molecule has 0 aromatic heterocycles. The average molecular weight is 263 g/mol. The summed E-state index contributed by atoms with van der Waals surface area (Å²) < 4.78 is 26.4. The van der Waals surface area contributed by atoms with Crippen LogP contribution in [-0.4, -0.2) is 6.03 Å². The Labute approximate surface area is 108 Å². The number of halogens is 2. The second kappa shape index (κ2) is 5.34. The first-order valence-corrected chi connectivity index (χ1v) is 5.43. The van der Waals surface area contributed by atoms with Crippen LogP contribution in [0.1, 0.15) is 0 Å². The van der Waals surface area contributed by atoms with Crippen molar-refractivity contribution in [2.75, 3.05) is 16.4 Å². The van der Waals surface area contributed by atoms with Gasteiger partial charge in [0, 0.05) is 11.4 Å². The molecular weight excluding hydrogens is 252 g/mol. The van der Waals surface area contributed by atoms with Gasteiger partial charge in [0.25, 0.3) is 0 Å². The highest BCUT2D eigenvalue weighted by atomic mass is 19.1. The van der Waals surface area contributed by atoms with Crippen LogP contribution in [0.5, 0.6) is 0 Å². The standard InChI is InChI=1S/C13H11F2N3O/c14-8-5-9(16)7-10(6-8)17-13(19)18-12-4-2-1-3-11(12)15/h1-7H,16H2,(H2,17,18,19). The number of carbonyl (C=O) groups excluding carboxylic acids is 1. The van der Waals surface area contributed by atoms with Gasteiger partial charge in [0.15, 0.2) is 0 Å². The molecule has 0 bridgehead atoms. The highest BCUT2D eigenvalue weighted by Crippen LogP contribution is 2.17. The zero-order valence-electron chi connectivity index (χ0n) is 9.78. The molecule has 0 spiro atoms. The van der Waals surface area contributed by atoms with E-state index in [-0.39, 0.29) is 17.1 Å². The van der Waals surface area contributed by atoms with Crippen molar-refractivity contribution >= 4 is 23.1 Å². The molecule has 6 heteroatoms. The molecule has 0 heterocycles. The van der Waals surface area contributed by atoms with Gasteiger partial charge in [-0.25, -0.2) is 13.6 Å². The number of nitrogens with one attached hydrogen (secondary N) is 2. The van der Waals surface area contributed by atoms with Crippen molar-refractivity contribution < 1.29 is 13.6 Å². The van der Waals surface area contributed by atoms with Crippen molar-refractivity contribution in [1.82, 2.24) is 0 Å². The molecule has 0 unspecified atom stereocenters. The second-order valence-corrected chi connectivity index (χ2v) is 3.83. The van der Waals surface area contributed by atoms with Crippen LogP contribution < -0.4 is 16.4 Å². The fourth-order valence-electron chi connectivity index (χ4n) is 1.53. The Bertz CT molecular complexity index is 596. The SMILES string of the molecule is Nc1cc(F)cc(NC(=O)Nc2ccccc2F)c1. The molecule has 98 valence electrons. The average Bonchev–Trinajstić information content (AvgIpc) is 2.30. The van der Waals surface area contributed by atoms with Gasteiger partial charge < -0.3 is 16.4 Å². The molecule has 2 aromatic rings. The highest BCUT2D eigenvalue weighted by molar-refractivity contribution is 6.00. The van der Waals surface area contributed by atoms with Crippen molar-refractivity contribution in [2.24, 2.45) is 0 Å². The van der Waals surface area contributed by atoms with E-state index in [0.717, 1.165) is 12.1 Å². The van der Waals surface area contributed by atoms with Gasteiger partial charge in [-0.05, 0) is 30.3 Å². The highest BCUT2D eigenvalue weighted by Gasteiger charge is 2.07. The first-order valence-electron chi connectivity index (χ1n) is 5.43. The summed E-state index contributed by atoms with van der Waals surface area (Å²) in [4.78, 5) is 11.6. The van der Waals surface area contributed by atoms with Gasteiger partial charge in [0.1, 0.15) is 11.6 Å². The number of benzene rings is 2. The normalized spacial score (nSPS) is 10.0. The Kier molecular flexibility index (Phi) is 3.61. The van der Waals surface area contributed by atoms with E-state index < -0.39 is 17.7 Å². The minimum Gasteiger partial charge on any atom is -0.399 e. The molecular formula is C13H11F2N3O. The molecule has 0 aliphatic heterocycles. The summed E-state index contributed by atoms with van der Waals surface area (Å²) in [5.41, 5.74) is 5.84. The lowest BCUT2D eigenvalue weighted by Crippen LogP contribution is -2.20. The Morgan fingerprint density at radius 2 is 1.79 bits per heavy atom. The molecule has 19 heavy (non-hydrogen) atoms. The Morgan fingerprint density at radius 3 is 2.47 bits per heavy atom. The van der Waals surface area contributed by atoms with Crippen LogP contribution in [0.25, 0.3) is 0 Å². The summed E-state index contributed by atoms with van der Waals surface area (Å²) in [5, 5.41) is 4.67. The molecule has 0 saturated heterocycles. The summed E-state index contributed by atoms with van der Waals surface area (Å²) in [6, 6.07) is 8.66. The number of amides is 2. The third kappa shape index (κ3) is 3.41. The number of carbonyl (C=O) groups is 1. The topological polar surface area (TPSA) is 67.1 Å². The van der Waals surface area contributed by atoms with Gasteiger partial charge in [-0.1, -0.05) is 12.1 Å². The van der Waals surface area contributed by atoms with E-state index in [1.165, 1.54) is 24.3 Å². The maximum Gasteiger partial charge on any atom is 0.323 e. The van der Waals surface area contributed by atoms with E-state index in [4.69, 9.17) is 5.73 Å².